The molecule has 0 saturated carbocycles. The third-order valence-corrected chi connectivity index (χ3v) is 4.58. The summed E-state index contributed by atoms with van der Waals surface area (Å²) >= 11 is 3.48. The Hall–Kier alpha value is -1.27. The molecule has 1 aliphatic rings. The van der Waals surface area contributed by atoms with Crippen LogP contribution in [0.15, 0.2) is 16.6 Å². The van der Waals surface area contributed by atoms with Gasteiger partial charge in [0.1, 0.15) is 0 Å². The average molecular weight is 385 g/mol. The predicted octanol–water partition coefficient (Wildman–Crippen LogP) is 3.07. The second-order valence-corrected chi connectivity index (χ2v) is 6.74. The van der Waals surface area contributed by atoms with Gasteiger partial charge in [0.15, 0.2) is 11.5 Å². The number of hydrogen-bond donors (Lipinski definition) is 1. The number of carbonyl (C=O) groups excluding carboxylic acids is 1. The molecular formula is C17H25BrN2O3. The van der Waals surface area contributed by atoms with E-state index in [9.17, 15) is 4.79 Å². The molecule has 0 unspecified atom stereocenters. The molecule has 1 fully saturated rings. The number of nitrogens with one attached hydrogen (secondary N) is 1. The number of rotatable bonds is 6. The van der Waals surface area contributed by atoms with Gasteiger partial charge in [-0.25, -0.2) is 0 Å². The Morgan fingerprint density at radius 2 is 2.09 bits per heavy atom. The van der Waals surface area contributed by atoms with E-state index in [1.165, 1.54) is 0 Å². The van der Waals surface area contributed by atoms with Gasteiger partial charge in [-0.3, -0.25) is 4.79 Å². The fourth-order valence-electron chi connectivity index (χ4n) is 2.62. The summed E-state index contributed by atoms with van der Waals surface area (Å²) in [6.07, 6.45) is 2.88. The number of amides is 1. The largest absolute Gasteiger partial charge is 0.493 e. The summed E-state index contributed by atoms with van der Waals surface area (Å²) in [6.45, 7) is 4.68. The zero-order valence-electron chi connectivity index (χ0n) is 14.0. The summed E-state index contributed by atoms with van der Waals surface area (Å²) in [5.74, 6) is 1.15. The number of hydrogen-bond acceptors (Lipinski definition) is 4. The minimum absolute atomic E-state index is 0.0689. The first-order valence-corrected chi connectivity index (χ1v) is 8.84. The van der Waals surface area contributed by atoms with Gasteiger partial charge in [0, 0.05) is 11.6 Å². The normalized spacial score (nSPS) is 16.2. The fraction of sp³-hybridized carbons (Fsp3) is 0.588. The Balaban J connectivity index is 2.09. The van der Waals surface area contributed by atoms with Crippen molar-refractivity contribution in [1.82, 2.24) is 10.2 Å². The zero-order chi connectivity index (χ0) is 16.8. The highest BCUT2D eigenvalue weighted by Crippen LogP contribution is 2.36. The molecule has 0 aromatic heterocycles. The lowest BCUT2D eigenvalue weighted by molar-refractivity contribution is 0.0916. The van der Waals surface area contributed by atoms with E-state index in [2.05, 4.69) is 33.2 Å². The third-order valence-electron chi connectivity index (χ3n) is 4.00. The highest BCUT2D eigenvalue weighted by atomic mass is 79.9. The minimum atomic E-state index is -0.0689. The molecule has 6 heteroatoms. The van der Waals surface area contributed by atoms with Crippen LogP contribution >= 0.6 is 15.9 Å². The van der Waals surface area contributed by atoms with Crippen LogP contribution in [0.4, 0.5) is 0 Å². The van der Waals surface area contributed by atoms with Crippen molar-refractivity contribution in [2.24, 2.45) is 0 Å². The van der Waals surface area contributed by atoms with Crippen molar-refractivity contribution in [1.29, 1.82) is 0 Å². The van der Waals surface area contributed by atoms with Crippen molar-refractivity contribution in [2.75, 3.05) is 33.9 Å². The van der Waals surface area contributed by atoms with Gasteiger partial charge in [-0.2, -0.15) is 0 Å². The summed E-state index contributed by atoms with van der Waals surface area (Å²) in [4.78, 5) is 14.8. The molecule has 1 saturated heterocycles. The van der Waals surface area contributed by atoms with Crippen LogP contribution in [0, 0.1) is 0 Å². The highest BCUT2D eigenvalue weighted by molar-refractivity contribution is 9.10. The smallest absolute Gasteiger partial charge is 0.251 e. The zero-order valence-corrected chi connectivity index (χ0v) is 15.6. The lowest BCUT2D eigenvalue weighted by atomic mass is 10.0. The second-order valence-electron chi connectivity index (χ2n) is 5.89. The summed E-state index contributed by atoms with van der Waals surface area (Å²) < 4.78 is 11.8. The number of nitrogens with zero attached hydrogens (tertiary/aromatic N) is 1. The molecule has 0 radical (unpaired) electrons. The lowest BCUT2D eigenvalue weighted by Crippen LogP contribution is -2.43. The molecule has 1 aromatic carbocycles. The monoisotopic (exact) mass is 384 g/mol. The molecule has 1 aromatic rings. The second kappa shape index (κ2) is 8.55. The number of methoxy groups -OCH3 is 1. The fourth-order valence-corrected chi connectivity index (χ4v) is 3.17. The Labute approximate surface area is 146 Å². The quantitative estimate of drug-likeness (QED) is 0.818. The number of benzene rings is 1. The van der Waals surface area contributed by atoms with E-state index in [1.54, 1.807) is 19.2 Å². The number of ether oxygens (including phenoxy) is 2. The van der Waals surface area contributed by atoms with E-state index in [-0.39, 0.29) is 11.9 Å². The van der Waals surface area contributed by atoms with Gasteiger partial charge in [0.25, 0.3) is 5.91 Å². The first-order chi connectivity index (χ1) is 11.0. The molecule has 0 bridgehead atoms. The first kappa shape index (κ1) is 18.1. The molecule has 5 nitrogen and oxygen atoms in total. The maximum absolute atomic E-state index is 12.5. The van der Waals surface area contributed by atoms with Gasteiger partial charge >= 0.3 is 0 Å². The molecule has 1 amide bonds. The van der Waals surface area contributed by atoms with Gasteiger partial charge in [0.05, 0.1) is 18.2 Å². The van der Waals surface area contributed by atoms with Gasteiger partial charge in [-0.1, -0.05) is 6.92 Å². The van der Waals surface area contributed by atoms with Crippen molar-refractivity contribution in [3.63, 3.8) is 0 Å². The van der Waals surface area contributed by atoms with E-state index in [4.69, 9.17) is 9.47 Å². The maximum atomic E-state index is 12.5. The number of halogens is 1. The topological polar surface area (TPSA) is 50.8 Å². The molecule has 23 heavy (non-hydrogen) atoms. The average Bonchev–Trinajstić information content (AvgIpc) is 2.55. The van der Waals surface area contributed by atoms with Gasteiger partial charge in [0.2, 0.25) is 0 Å². The molecule has 1 heterocycles. The lowest BCUT2D eigenvalue weighted by Gasteiger charge is -2.29. The van der Waals surface area contributed by atoms with Gasteiger partial charge in [-0.05, 0) is 67.5 Å². The molecule has 1 aliphatic heterocycles. The summed E-state index contributed by atoms with van der Waals surface area (Å²) in [5, 5.41) is 3.11. The van der Waals surface area contributed by atoms with Crippen molar-refractivity contribution < 1.29 is 14.3 Å². The van der Waals surface area contributed by atoms with E-state index in [1.807, 2.05) is 6.92 Å². The van der Waals surface area contributed by atoms with Crippen molar-refractivity contribution >= 4 is 21.8 Å². The Kier molecular flexibility index (Phi) is 6.72. The Morgan fingerprint density at radius 1 is 1.39 bits per heavy atom. The molecule has 128 valence electrons. The first-order valence-electron chi connectivity index (χ1n) is 8.04. The van der Waals surface area contributed by atoms with Gasteiger partial charge in [-0.15, -0.1) is 0 Å². The molecule has 0 spiro atoms. The molecule has 0 aliphatic carbocycles. The Morgan fingerprint density at radius 3 is 2.70 bits per heavy atom. The predicted molar refractivity (Wildman–Crippen MR) is 94.5 cm³/mol. The third kappa shape index (κ3) is 4.85. The van der Waals surface area contributed by atoms with Crippen molar-refractivity contribution in [2.45, 2.75) is 32.2 Å². The molecular weight excluding hydrogens is 360 g/mol. The highest BCUT2D eigenvalue weighted by Gasteiger charge is 2.21. The van der Waals surface area contributed by atoms with Crippen LogP contribution in [0.5, 0.6) is 11.5 Å². The van der Waals surface area contributed by atoms with Crippen LogP contribution in [0.2, 0.25) is 0 Å². The maximum Gasteiger partial charge on any atom is 0.251 e. The number of piperidine rings is 1. The minimum Gasteiger partial charge on any atom is -0.493 e. The van der Waals surface area contributed by atoms with Crippen molar-refractivity contribution in [3.8, 4) is 11.5 Å². The summed E-state index contributed by atoms with van der Waals surface area (Å²) in [6, 6.07) is 3.76. The molecule has 2 rings (SSSR count). The van der Waals surface area contributed by atoms with Crippen molar-refractivity contribution in [3.05, 3.63) is 22.2 Å². The van der Waals surface area contributed by atoms with Crippen LogP contribution in [0.1, 0.15) is 36.5 Å². The van der Waals surface area contributed by atoms with Gasteiger partial charge < -0.3 is 19.7 Å². The molecule has 0 atom stereocenters. The van der Waals surface area contributed by atoms with Crippen LogP contribution in [-0.4, -0.2) is 50.7 Å². The van der Waals surface area contributed by atoms with E-state index < -0.39 is 0 Å². The SMILES string of the molecule is CCCOc1c(Br)cc(C(=O)NC2CCN(C)CC2)cc1OC. The standard InChI is InChI=1S/C17H25BrN2O3/c1-4-9-23-16-14(18)10-12(11-15(16)22-3)17(21)19-13-5-7-20(2)8-6-13/h10-11,13H,4-9H2,1-3H3,(H,19,21). The Bertz CT molecular complexity index is 543. The van der Waals surface area contributed by atoms with Crippen LogP contribution in [-0.2, 0) is 0 Å². The summed E-state index contributed by atoms with van der Waals surface area (Å²) in [7, 11) is 3.69. The molecule has 1 N–H and O–H groups in total. The number of likely N-dealkylation sites (tertiary alicyclic amines) is 1. The van der Waals surface area contributed by atoms with Crippen LogP contribution < -0.4 is 14.8 Å². The van der Waals surface area contributed by atoms with E-state index in [0.717, 1.165) is 36.8 Å². The summed E-state index contributed by atoms with van der Waals surface area (Å²) in [5.41, 5.74) is 0.580. The van der Waals surface area contributed by atoms with E-state index >= 15 is 0 Å². The van der Waals surface area contributed by atoms with Crippen LogP contribution in [0.25, 0.3) is 0 Å². The van der Waals surface area contributed by atoms with E-state index in [0.29, 0.717) is 23.7 Å². The number of carbonyl (C=O) groups is 1. The van der Waals surface area contributed by atoms with Crippen LogP contribution in [0.3, 0.4) is 0 Å².